The molecule has 0 spiro atoms. The van der Waals surface area contributed by atoms with Gasteiger partial charge in [-0.1, -0.05) is 6.92 Å². The lowest BCUT2D eigenvalue weighted by molar-refractivity contribution is -0.125. The van der Waals surface area contributed by atoms with Crippen molar-refractivity contribution in [3.8, 4) is 0 Å². The molecule has 6 fully saturated rings. The molecule has 1 aromatic rings. The van der Waals surface area contributed by atoms with Crippen LogP contribution >= 0.6 is 0 Å². The third kappa shape index (κ3) is 5.66. The molecule has 2 radical (unpaired) electrons. The van der Waals surface area contributed by atoms with Crippen molar-refractivity contribution in [1.82, 2.24) is 36.6 Å². The number of nitrogens with zero attached hydrogens (tertiary/aromatic N) is 1. The fraction of sp³-hybridized carbons (Fsp3) is 0.853. The van der Waals surface area contributed by atoms with Crippen LogP contribution in [0.1, 0.15) is 94.3 Å². The van der Waals surface area contributed by atoms with Crippen molar-refractivity contribution in [2.24, 2.45) is 41.4 Å². The molecular weight excluding hydrogens is 549 g/mol. The van der Waals surface area contributed by atoms with Crippen molar-refractivity contribution in [1.29, 1.82) is 0 Å². The maximum absolute atomic E-state index is 13.2. The van der Waals surface area contributed by atoms with Gasteiger partial charge in [0.15, 0.2) is 0 Å². The van der Waals surface area contributed by atoms with Crippen LogP contribution in [0.3, 0.4) is 0 Å². The zero-order valence-electron chi connectivity index (χ0n) is 26.5. The Labute approximate surface area is 263 Å². The molecule has 3 saturated carbocycles. The van der Waals surface area contributed by atoms with Crippen LogP contribution in [-0.4, -0.2) is 79.4 Å². The van der Waals surface area contributed by atoms with E-state index in [-0.39, 0.29) is 36.0 Å². The largest absolute Gasteiger partial charge is 0.365 e. The van der Waals surface area contributed by atoms with Gasteiger partial charge in [0.2, 0.25) is 11.8 Å². The first-order valence-corrected chi connectivity index (χ1v) is 18.0. The van der Waals surface area contributed by atoms with Crippen molar-refractivity contribution < 1.29 is 9.59 Å². The third-order valence-corrected chi connectivity index (χ3v) is 13.2. The minimum atomic E-state index is 0.103. The van der Waals surface area contributed by atoms with Crippen molar-refractivity contribution in [2.75, 3.05) is 19.5 Å². The van der Waals surface area contributed by atoms with Gasteiger partial charge in [0.25, 0.3) is 0 Å². The van der Waals surface area contributed by atoms with Crippen molar-refractivity contribution in [3.05, 3.63) is 17.2 Å². The second-order valence-corrected chi connectivity index (χ2v) is 16.0. The van der Waals surface area contributed by atoms with Crippen LogP contribution in [0.2, 0.25) is 0 Å². The van der Waals surface area contributed by atoms with Gasteiger partial charge in [-0.05, 0) is 120 Å². The second kappa shape index (κ2) is 12.0. The Kier molecular flexibility index (Phi) is 8.07. The number of carbonyl (C=O) groups is 2. The van der Waals surface area contributed by atoms with Gasteiger partial charge in [0.05, 0.1) is 13.5 Å². The number of hydrogen-bond acceptors (Lipinski definition) is 6. The van der Waals surface area contributed by atoms with Gasteiger partial charge < -0.3 is 31.6 Å². The predicted molar refractivity (Wildman–Crippen MR) is 170 cm³/mol. The highest BCUT2D eigenvalue weighted by Gasteiger charge is 2.47. The summed E-state index contributed by atoms with van der Waals surface area (Å²) in [5.41, 5.74) is 2.49. The summed E-state index contributed by atoms with van der Waals surface area (Å²) in [5, 5.41) is 17.6. The minimum Gasteiger partial charge on any atom is -0.365 e. The Morgan fingerprint density at radius 3 is 2.32 bits per heavy atom. The highest BCUT2D eigenvalue weighted by molar-refractivity contribution is 6.10. The molecule has 0 bridgehead atoms. The van der Waals surface area contributed by atoms with E-state index >= 15 is 0 Å². The van der Waals surface area contributed by atoms with Gasteiger partial charge in [-0.15, -0.1) is 0 Å². The van der Waals surface area contributed by atoms with Gasteiger partial charge in [0, 0.05) is 60.2 Å². The van der Waals surface area contributed by atoms with Crippen LogP contribution in [0.4, 0.5) is 0 Å². The number of aromatic nitrogens is 2. The first-order chi connectivity index (χ1) is 21.4. The smallest absolute Gasteiger partial charge is 0.223 e. The van der Waals surface area contributed by atoms with Crippen LogP contribution in [-0.2, 0) is 22.4 Å². The predicted octanol–water partition coefficient (Wildman–Crippen LogP) is 1.88. The molecule has 1 unspecified atom stereocenters. The molecule has 0 aromatic carbocycles. The Balaban J connectivity index is 0.756. The summed E-state index contributed by atoms with van der Waals surface area (Å²) in [6.07, 6.45) is 14.1. The van der Waals surface area contributed by atoms with E-state index in [9.17, 15) is 9.59 Å². The lowest BCUT2D eigenvalue weighted by Gasteiger charge is -2.21. The fourth-order valence-corrected chi connectivity index (χ4v) is 11.0. The van der Waals surface area contributed by atoms with E-state index in [2.05, 4.69) is 38.5 Å². The molecule has 7 aliphatic rings. The maximum Gasteiger partial charge on any atom is 0.223 e. The quantitative estimate of drug-likeness (QED) is 0.241. The van der Waals surface area contributed by atoms with Gasteiger partial charge >= 0.3 is 0 Å². The number of H-pyrrole nitrogens is 1. The molecule has 2 amide bonds. The molecule has 238 valence electrons. The summed E-state index contributed by atoms with van der Waals surface area (Å²) >= 11 is 0. The van der Waals surface area contributed by atoms with Crippen LogP contribution in [0.25, 0.3) is 0 Å². The van der Waals surface area contributed by atoms with E-state index in [4.69, 9.17) is 12.8 Å². The molecule has 6 N–H and O–H groups in total. The van der Waals surface area contributed by atoms with Gasteiger partial charge in [-0.3, -0.25) is 9.59 Å². The van der Waals surface area contributed by atoms with Crippen LogP contribution < -0.4 is 26.6 Å². The molecule has 3 aliphatic heterocycles. The molecule has 4 aliphatic carbocycles. The van der Waals surface area contributed by atoms with Crippen molar-refractivity contribution >= 4 is 19.7 Å². The molecule has 44 heavy (non-hydrogen) atoms. The van der Waals surface area contributed by atoms with Gasteiger partial charge in [-0.25, -0.2) is 4.98 Å². The standard InChI is InChI=1S/C34H52BN7O2/c1-17(15-37-33(43)23-7-20-9-25(39-27(20)13-23)5-18-4-19-2-3-36-26(19)6-18)32-41-30-11-22(12-31(30)42-32)28-10-21-8-24(14-29(21)40-28)34(44)38-16-35/h17-29,36,39-40H,2-16H2,1H3,(H,37,43)(H,38,44)(H,41,42)/t17?,18-,19-,20+,21-,23+,24-,25-,26+,27+,28-,29-/m1/s1. The topological polar surface area (TPSA) is 123 Å². The zero-order chi connectivity index (χ0) is 29.9. The highest BCUT2D eigenvalue weighted by atomic mass is 16.2. The fourth-order valence-electron chi connectivity index (χ4n) is 11.0. The number of imidazole rings is 1. The van der Waals surface area contributed by atoms with Crippen LogP contribution in [0, 0.1) is 41.4 Å². The first-order valence-electron chi connectivity index (χ1n) is 18.0. The number of nitrogens with one attached hydrogen (secondary N) is 6. The molecule has 9 nitrogen and oxygen atoms in total. The van der Waals surface area contributed by atoms with Gasteiger partial charge in [0.1, 0.15) is 5.82 Å². The number of fused-ring (bicyclic) bond motifs is 4. The van der Waals surface area contributed by atoms with Crippen LogP contribution in [0.15, 0.2) is 0 Å². The van der Waals surface area contributed by atoms with E-state index < -0.39 is 0 Å². The summed E-state index contributed by atoms with van der Waals surface area (Å²) in [6, 6.07) is 2.93. The van der Waals surface area contributed by atoms with E-state index in [0.29, 0.717) is 48.5 Å². The number of amides is 2. The average molecular weight is 602 g/mol. The average Bonchev–Trinajstić information content (AvgIpc) is 3.81. The number of rotatable bonds is 9. The zero-order valence-corrected chi connectivity index (χ0v) is 26.5. The summed E-state index contributed by atoms with van der Waals surface area (Å²) in [6.45, 7) is 4.03. The third-order valence-electron chi connectivity index (χ3n) is 13.2. The first kappa shape index (κ1) is 29.5. The summed E-state index contributed by atoms with van der Waals surface area (Å²) in [5.74, 6) is 5.42. The van der Waals surface area contributed by atoms with Gasteiger partial charge in [-0.2, -0.15) is 0 Å². The monoisotopic (exact) mass is 601 g/mol. The Bertz CT molecular complexity index is 1180. The second-order valence-electron chi connectivity index (χ2n) is 16.0. The maximum atomic E-state index is 13.2. The number of hydrogen-bond donors (Lipinski definition) is 6. The molecule has 10 heteroatoms. The molecule has 8 rings (SSSR count). The van der Waals surface area contributed by atoms with E-state index in [1.54, 1.807) is 0 Å². The molecule has 1 aromatic heterocycles. The lowest BCUT2D eigenvalue weighted by atomic mass is 9.91. The van der Waals surface area contributed by atoms with E-state index in [1.165, 1.54) is 50.0 Å². The molecule has 3 saturated heterocycles. The lowest BCUT2D eigenvalue weighted by Crippen LogP contribution is -2.37. The van der Waals surface area contributed by atoms with Crippen molar-refractivity contribution in [2.45, 2.75) is 120 Å². The number of carbonyl (C=O) groups excluding carboxylic acids is 2. The minimum absolute atomic E-state index is 0.103. The Morgan fingerprint density at radius 2 is 1.59 bits per heavy atom. The molecule has 13 atom stereocenters. The summed E-state index contributed by atoms with van der Waals surface area (Å²) < 4.78 is 0. The number of aromatic amines is 1. The SMILES string of the molecule is [B]CNC(=O)[C@@H]1C[C@@H]2C[C@H]([C@@H]3Cc4nc(C(C)CNC(=O)[C@H]5C[C@H]6C[C@@H](C[C@H]7C[C@H]8CCN[C@H]8C7)N[C@H]6C5)[nH]c4C3)N[C@@H]2C1. The highest BCUT2D eigenvalue weighted by Crippen LogP contribution is 2.45. The van der Waals surface area contributed by atoms with Crippen molar-refractivity contribution in [3.63, 3.8) is 0 Å². The molecular formula is C34H52BN7O2. The molecule has 4 heterocycles. The van der Waals surface area contributed by atoms with Crippen LogP contribution in [0.5, 0.6) is 0 Å². The summed E-state index contributed by atoms with van der Waals surface area (Å²) in [7, 11) is 5.50. The normalized spacial score (nSPS) is 41.4. The summed E-state index contributed by atoms with van der Waals surface area (Å²) in [4.78, 5) is 34.1. The Morgan fingerprint density at radius 1 is 0.841 bits per heavy atom. The van der Waals surface area contributed by atoms with E-state index in [1.807, 2.05) is 0 Å². The Hall–Kier alpha value is -1.91. The van der Waals surface area contributed by atoms with E-state index in [0.717, 1.165) is 68.6 Å².